The fourth-order valence-corrected chi connectivity index (χ4v) is 2.35. The second-order valence-corrected chi connectivity index (χ2v) is 5.77. The van der Waals surface area contributed by atoms with E-state index in [2.05, 4.69) is 5.32 Å². The second-order valence-electron chi connectivity index (χ2n) is 5.77. The Morgan fingerprint density at radius 3 is 2.52 bits per heavy atom. The first kappa shape index (κ1) is 18.5. The van der Waals surface area contributed by atoms with E-state index in [1.165, 1.54) is 19.2 Å². The minimum absolute atomic E-state index is 0.0717. The lowest BCUT2D eigenvalue weighted by molar-refractivity contribution is 0.0696. The van der Waals surface area contributed by atoms with Gasteiger partial charge in [-0.25, -0.2) is 4.79 Å². The van der Waals surface area contributed by atoms with Crippen LogP contribution in [0.3, 0.4) is 0 Å². The molecular weight excluding hydrogens is 322 g/mol. The fourth-order valence-electron chi connectivity index (χ4n) is 2.35. The predicted octanol–water partition coefficient (Wildman–Crippen LogP) is 3.57. The first-order valence-electron chi connectivity index (χ1n) is 7.84. The molecule has 2 aromatic carbocycles. The number of hydrogen-bond donors (Lipinski definition) is 2. The van der Waals surface area contributed by atoms with Gasteiger partial charge in [0.1, 0.15) is 5.75 Å². The van der Waals surface area contributed by atoms with E-state index in [0.717, 1.165) is 0 Å². The van der Waals surface area contributed by atoms with Crippen molar-refractivity contribution in [1.29, 1.82) is 0 Å². The minimum Gasteiger partial charge on any atom is -0.490 e. The lowest BCUT2D eigenvalue weighted by atomic mass is 10.1. The third-order valence-corrected chi connectivity index (χ3v) is 3.30. The van der Waals surface area contributed by atoms with Crippen LogP contribution in [-0.4, -0.2) is 30.2 Å². The van der Waals surface area contributed by atoms with Crippen molar-refractivity contribution >= 4 is 17.6 Å². The van der Waals surface area contributed by atoms with Crippen molar-refractivity contribution in [2.24, 2.45) is 0 Å². The topological polar surface area (TPSA) is 84.9 Å². The van der Waals surface area contributed by atoms with E-state index in [4.69, 9.17) is 9.47 Å². The number of carbonyl (C=O) groups excluding carboxylic acids is 1. The van der Waals surface area contributed by atoms with Crippen molar-refractivity contribution in [3.05, 3.63) is 59.2 Å². The van der Waals surface area contributed by atoms with E-state index in [1.54, 1.807) is 30.3 Å². The largest absolute Gasteiger partial charge is 0.490 e. The van der Waals surface area contributed by atoms with E-state index < -0.39 is 5.97 Å². The quantitative estimate of drug-likeness (QED) is 0.803. The lowest BCUT2D eigenvalue weighted by Gasteiger charge is -2.14. The molecule has 0 aliphatic carbocycles. The molecule has 0 unspecified atom stereocenters. The number of carbonyl (C=O) groups is 2. The Balaban J connectivity index is 2.30. The van der Waals surface area contributed by atoms with Crippen molar-refractivity contribution in [3.63, 3.8) is 0 Å². The summed E-state index contributed by atoms with van der Waals surface area (Å²) in [6.07, 6.45) is -0.0717. The van der Waals surface area contributed by atoms with Gasteiger partial charge in [0, 0.05) is 12.8 Å². The number of rotatable bonds is 7. The zero-order chi connectivity index (χ0) is 18.4. The average molecular weight is 343 g/mol. The summed E-state index contributed by atoms with van der Waals surface area (Å²) in [5.74, 6) is -0.972. The third kappa shape index (κ3) is 5.06. The Labute approximate surface area is 146 Å². The zero-order valence-corrected chi connectivity index (χ0v) is 14.4. The molecule has 0 aromatic heterocycles. The molecule has 0 saturated carbocycles. The van der Waals surface area contributed by atoms with Gasteiger partial charge in [0.25, 0.3) is 5.91 Å². The van der Waals surface area contributed by atoms with E-state index in [9.17, 15) is 14.7 Å². The smallest absolute Gasteiger partial charge is 0.335 e. The predicted molar refractivity (Wildman–Crippen MR) is 94.3 cm³/mol. The fraction of sp³-hybridized carbons (Fsp3) is 0.263. The molecule has 0 aliphatic heterocycles. The lowest BCUT2D eigenvalue weighted by Crippen LogP contribution is -2.16. The molecule has 0 fully saturated rings. The van der Waals surface area contributed by atoms with Gasteiger partial charge in [0.2, 0.25) is 0 Å². The van der Waals surface area contributed by atoms with Crippen molar-refractivity contribution in [2.45, 2.75) is 26.6 Å². The highest BCUT2D eigenvalue weighted by Crippen LogP contribution is 2.22. The molecule has 0 saturated heterocycles. The first-order valence-corrected chi connectivity index (χ1v) is 7.84. The van der Waals surface area contributed by atoms with Gasteiger partial charge in [-0.2, -0.15) is 0 Å². The molecule has 0 radical (unpaired) electrons. The first-order chi connectivity index (χ1) is 11.9. The maximum Gasteiger partial charge on any atom is 0.335 e. The van der Waals surface area contributed by atoms with Crippen molar-refractivity contribution in [2.75, 3.05) is 12.4 Å². The van der Waals surface area contributed by atoms with Crippen molar-refractivity contribution in [1.82, 2.24) is 0 Å². The van der Waals surface area contributed by atoms with E-state index in [0.29, 0.717) is 22.6 Å². The molecule has 2 rings (SSSR count). The summed E-state index contributed by atoms with van der Waals surface area (Å²) < 4.78 is 10.7. The van der Waals surface area contributed by atoms with Crippen LogP contribution in [0, 0.1) is 0 Å². The number of carboxylic acid groups (broad SMARTS) is 1. The van der Waals surface area contributed by atoms with Crippen molar-refractivity contribution < 1.29 is 24.2 Å². The SMILES string of the molecule is COCc1cc(NC(=O)c2ccccc2OC(C)C)cc(C(=O)O)c1. The van der Waals surface area contributed by atoms with E-state index >= 15 is 0 Å². The molecule has 132 valence electrons. The van der Waals surface area contributed by atoms with E-state index in [1.807, 2.05) is 13.8 Å². The maximum atomic E-state index is 12.6. The minimum atomic E-state index is -1.07. The number of para-hydroxylation sites is 1. The monoisotopic (exact) mass is 343 g/mol. The number of carboxylic acids is 1. The van der Waals surface area contributed by atoms with Gasteiger partial charge < -0.3 is 19.9 Å². The van der Waals surface area contributed by atoms with Gasteiger partial charge in [0.05, 0.1) is 23.8 Å². The van der Waals surface area contributed by atoms with Crippen LogP contribution in [0.25, 0.3) is 0 Å². The number of anilines is 1. The molecule has 1 amide bonds. The standard InChI is InChI=1S/C19H21NO5/c1-12(2)25-17-7-5-4-6-16(17)18(21)20-15-9-13(11-24-3)8-14(10-15)19(22)23/h4-10,12H,11H2,1-3H3,(H,20,21)(H,22,23). The number of ether oxygens (including phenoxy) is 2. The van der Waals surface area contributed by atoms with Crippen LogP contribution in [0.2, 0.25) is 0 Å². The zero-order valence-electron chi connectivity index (χ0n) is 14.4. The summed E-state index contributed by atoms with van der Waals surface area (Å²) in [6.45, 7) is 4.00. The molecule has 2 aromatic rings. The van der Waals surface area contributed by atoms with Crippen LogP contribution in [-0.2, 0) is 11.3 Å². The van der Waals surface area contributed by atoms with Crippen molar-refractivity contribution in [3.8, 4) is 5.75 Å². The summed E-state index contributed by atoms with van der Waals surface area (Å²) in [5.41, 5.74) is 1.50. The number of aromatic carboxylic acids is 1. The Bertz CT molecular complexity index is 770. The number of benzene rings is 2. The molecular formula is C19H21NO5. The summed E-state index contributed by atoms with van der Waals surface area (Å²) >= 11 is 0. The van der Waals surface area contributed by atoms with Gasteiger partial charge in [-0.3, -0.25) is 4.79 Å². The maximum absolute atomic E-state index is 12.6. The summed E-state index contributed by atoms with van der Waals surface area (Å²) in [5, 5.41) is 12.0. The molecule has 0 bridgehead atoms. The van der Waals surface area contributed by atoms with Crippen LogP contribution in [0.5, 0.6) is 5.75 Å². The van der Waals surface area contributed by atoms with Crippen LogP contribution in [0.4, 0.5) is 5.69 Å². The van der Waals surface area contributed by atoms with Gasteiger partial charge in [-0.05, 0) is 49.7 Å². The number of nitrogens with one attached hydrogen (secondary N) is 1. The van der Waals surface area contributed by atoms with Crippen LogP contribution in [0.1, 0.15) is 40.1 Å². The van der Waals surface area contributed by atoms with Crippen LogP contribution in [0.15, 0.2) is 42.5 Å². The van der Waals surface area contributed by atoms with Gasteiger partial charge >= 0.3 is 5.97 Å². The number of methoxy groups -OCH3 is 1. The summed E-state index contributed by atoms with van der Waals surface area (Å²) in [6, 6.07) is 11.5. The Kier molecular flexibility index (Phi) is 6.14. The van der Waals surface area contributed by atoms with Crippen LogP contribution < -0.4 is 10.1 Å². The highest BCUT2D eigenvalue weighted by Gasteiger charge is 2.15. The molecule has 0 atom stereocenters. The number of amides is 1. The molecule has 6 nitrogen and oxygen atoms in total. The van der Waals surface area contributed by atoms with Gasteiger partial charge in [-0.1, -0.05) is 12.1 Å². The summed E-state index contributed by atoms with van der Waals surface area (Å²) in [4.78, 5) is 23.9. The molecule has 2 N–H and O–H groups in total. The average Bonchev–Trinajstić information content (AvgIpc) is 2.54. The highest BCUT2D eigenvalue weighted by molar-refractivity contribution is 6.06. The van der Waals surface area contributed by atoms with Gasteiger partial charge in [0.15, 0.2) is 0 Å². The van der Waals surface area contributed by atoms with Gasteiger partial charge in [-0.15, -0.1) is 0 Å². The summed E-state index contributed by atoms with van der Waals surface area (Å²) in [7, 11) is 1.52. The Morgan fingerprint density at radius 1 is 1.16 bits per heavy atom. The Hall–Kier alpha value is -2.86. The highest BCUT2D eigenvalue weighted by atomic mass is 16.5. The van der Waals surface area contributed by atoms with E-state index in [-0.39, 0.29) is 24.2 Å². The molecule has 0 aliphatic rings. The van der Waals surface area contributed by atoms with Crippen LogP contribution >= 0.6 is 0 Å². The Morgan fingerprint density at radius 2 is 1.88 bits per heavy atom. The molecule has 0 heterocycles. The molecule has 0 spiro atoms. The molecule has 6 heteroatoms. The second kappa shape index (κ2) is 8.30. The third-order valence-electron chi connectivity index (χ3n) is 3.30. The molecule has 25 heavy (non-hydrogen) atoms. The number of hydrogen-bond acceptors (Lipinski definition) is 4. The normalized spacial score (nSPS) is 10.6.